The normalized spacial score (nSPS) is 11.5. The van der Waals surface area contributed by atoms with Crippen LogP contribution in [0.5, 0.6) is 0 Å². The fourth-order valence-corrected chi connectivity index (χ4v) is 3.25. The van der Waals surface area contributed by atoms with Crippen molar-refractivity contribution in [2.75, 3.05) is 15.8 Å². The molecule has 2 N–H and O–H groups in total. The Morgan fingerprint density at radius 3 is 2.23 bits per heavy atom. The van der Waals surface area contributed by atoms with Crippen LogP contribution >= 0.6 is 0 Å². The standard InChI is InChI=1S/C21H24N4O4S/c1-4-30(27,28)25-18-11-7-16(8-12-18)20(26)22-17-9-5-15(6-10-17)13-19-23-21(14(2)3)29-24-19/h5-12,14,25H,4,13H2,1-3H3,(H,22,26). The van der Waals surface area contributed by atoms with Crippen LogP contribution in [0.1, 0.15) is 54.3 Å². The minimum atomic E-state index is -3.35. The van der Waals surface area contributed by atoms with E-state index in [2.05, 4.69) is 20.2 Å². The van der Waals surface area contributed by atoms with Gasteiger partial charge in [0.25, 0.3) is 5.91 Å². The predicted molar refractivity (Wildman–Crippen MR) is 115 cm³/mol. The monoisotopic (exact) mass is 428 g/mol. The van der Waals surface area contributed by atoms with E-state index in [0.29, 0.717) is 35.1 Å². The van der Waals surface area contributed by atoms with Gasteiger partial charge in [-0.1, -0.05) is 31.1 Å². The molecule has 0 aliphatic carbocycles. The van der Waals surface area contributed by atoms with Gasteiger partial charge in [-0.3, -0.25) is 9.52 Å². The number of rotatable bonds is 8. The number of anilines is 2. The summed E-state index contributed by atoms with van der Waals surface area (Å²) in [6.45, 7) is 5.54. The number of aromatic nitrogens is 2. The lowest BCUT2D eigenvalue weighted by molar-refractivity contribution is 0.102. The molecule has 30 heavy (non-hydrogen) atoms. The molecule has 0 aliphatic rings. The molecule has 0 fully saturated rings. The molecule has 8 nitrogen and oxygen atoms in total. The molecule has 0 spiro atoms. The molecule has 9 heteroatoms. The van der Waals surface area contributed by atoms with E-state index in [4.69, 9.17) is 4.52 Å². The van der Waals surface area contributed by atoms with E-state index in [-0.39, 0.29) is 17.6 Å². The summed E-state index contributed by atoms with van der Waals surface area (Å²) in [7, 11) is -3.35. The Labute approximate surface area is 175 Å². The molecule has 3 aromatic rings. The molecule has 1 heterocycles. The molecule has 0 bridgehead atoms. The Morgan fingerprint density at radius 2 is 1.67 bits per heavy atom. The van der Waals surface area contributed by atoms with Crippen LogP contribution in [0.25, 0.3) is 0 Å². The molecule has 158 valence electrons. The minimum absolute atomic E-state index is 0.0170. The van der Waals surface area contributed by atoms with Crippen LogP contribution in [-0.2, 0) is 16.4 Å². The van der Waals surface area contributed by atoms with Crippen molar-refractivity contribution in [2.45, 2.75) is 33.1 Å². The largest absolute Gasteiger partial charge is 0.339 e. The molecule has 0 atom stereocenters. The van der Waals surface area contributed by atoms with Crippen molar-refractivity contribution >= 4 is 27.3 Å². The molecular weight excluding hydrogens is 404 g/mol. The molecule has 1 amide bonds. The summed E-state index contributed by atoms with van der Waals surface area (Å²) < 4.78 is 30.8. The van der Waals surface area contributed by atoms with E-state index < -0.39 is 10.0 Å². The summed E-state index contributed by atoms with van der Waals surface area (Å²) in [6, 6.07) is 13.6. The van der Waals surface area contributed by atoms with Gasteiger partial charge in [0.15, 0.2) is 5.82 Å². The third-order valence-corrected chi connectivity index (χ3v) is 5.66. The first-order valence-electron chi connectivity index (χ1n) is 9.59. The number of amides is 1. The molecule has 0 aliphatic heterocycles. The molecule has 0 unspecified atom stereocenters. The van der Waals surface area contributed by atoms with Crippen molar-refractivity contribution in [3.63, 3.8) is 0 Å². The number of sulfonamides is 1. The van der Waals surface area contributed by atoms with Gasteiger partial charge in [-0.25, -0.2) is 8.42 Å². The number of carbonyl (C=O) groups excluding carboxylic acids is 1. The smallest absolute Gasteiger partial charge is 0.255 e. The Bertz CT molecular complexity index is 1100. The maximum Gasteiger partial charge on any atom is 0.255 e. The van der Waals surface area contributed by atoms with Gasteiger partial charge in [-0.2, -0.15) is 4.98 Å². The predicted octanol–water partition coefficient (Wildman–Crippen LogP) is 3.80. The van der Waals surface area contributed by atoms with Crippen LogP contribution in [-0.4, -0.2) is 30.2 Å². The number of benzene rings is 2. The first-order valence-corrected chi connectivity index (χ1v) is 11.2. The average molecular weight is 429 g/mol. The topological polar surface area (TPSA) is 114 Å². The van der Waals surface area contributed by atoms with Crippen molar-refractivity contribution in [3.8, 4) is 0 Å². The van der Waals surface area contributed by atoms with Gasteiger partial charge in [-0.15, -0.1) is 0 Å². The molecule has 0 saturated heterocycles. The summed E-state index contributed by atoms with van der Waals surface area (Å²) >= 11 is 0. The van der Waals surface area contributed by atoms with E-state index >= 15 is 0 Å². The highest BCUT2D eigenvalue weighted by Crippen LogP contribution is 2.17. The van der Waals surface area contributed by atoms with Gasteiger partial charge in [0.05, 0.1) is 5.75 Å². The number of hydrogen-bond acceptors (Lipinski definition) is 6. The number of nitrogens with zero attached hydrogens (tertiary/aromatic N) is 2. The lowest BCUT2D eigenvalue weighted by Crippen LogP contribution is -2.15. The maximum atomic E-state index is 12.4. The molecule has 2 aromatic carbocycles. The zero-order valence-electron chi connectivity index (χ0n) is 17.0. The third-order valence-electron chi connectivity index (χ3n) is 4.35. The summed E-state index contributed by atoms with van der Waals surface area (Å²) in [4.78, 5) is 16.8. The van der Waals surface area contributed by atoms with Crippen molar-refractivity contribution in [1.29, 1.82) is 0 Å². The van der Waals surface area contributed by atoms with E-state index in [1.54, 1.807) is 43.3 Å². The first-order chi connectivity index (χ1) is 14.3. The van der Waals surface area contributed by atoms with Gasteiger partial charge in [0.2, 0.25) is 15.9 Å². The highest BCUT2D eigenvalue weighted by molar-refractivity contribution is 7.92. The number of carbonyl (C=O) groups is 1. The second-order valence-corrected chi connectivity index (χ2v) is 9.13. The van der Waals surface area contributed by atoms with E-state index in [1.165, 1.54) is 0 Å². The zero-order chi connectivity index (χ0) is 21.7. The van der Waals surface area contributed by atoms with E-state index in [0.717, 1.165) is 5.56 Å². The van der Waals surface area contributed by atoms with Gasteiger partial charge in [-0.05, 0) is 48.9 Å². The third kappa shape index (κ3) is 5.66. The number of nitrogens with one attached hydrogen (secondary N) is 2. The lowest BCUT2D eigenvalue weighted by Gasteiger charge is -2.08. The van der Waals surface area contributed by atoms with Crippen LogP contribution in [0.4, 0.5) is 11.4 Å². The second kappa shape index (κ2) is 9.08. The summed E-state index contributed by atoms with van der Waals surface area (Å²) in [5, 5.41) is 6.80. The Hall–Kier alpha value is -3.20. The van der Waals surface area contributed by atoms with E-state index in [9.17, 15) is 13.2 Å². The van der Waals surface area contributed by atoms with Crippen molar-refractivity contribution in [1.82, 2.24) is 10.1 Å². The molecule has 0 radical (unpaired) electrons. The highest BCUT2D eigenvalue weighted by Gasteiger charge is 2.11. The number of hydrogen-bond donors (Lipinski definition) is 2. The minimum Gasteiger partial charge on any atom is -0.339 e. The van der Waals surface area contributed by atoms with Crippen molar-refractivity contribution in [2.24, 2.45) is 0 Å². The van der Waals surface area contributed by atoms with E-state index in [1.807, 2.05) is 26.0 Å². The van der Waals surface area contributed by atoms with Gasteiger partial charge in [0, 0.05) is 29.3 Å². The maximum absolute atomic E-state index is 12.4. The molecule has 3 rings (SSSR count). The fraction of sp³-hybridized carbons (Fsp3) is 0.286. The summed E-state index contributed by atoms with van der Waals surface area (Å²) in [5.41, 5.74) is 2.48. The highest BCUT2D eigenvalue weighted by atomic mass is 32.2. The quantitative estimate of drug-likeness (QED) is 0.564. The first kappa shape index (κ1) is 21.5. The van der Waals surface area contributed by atoms with Crippen LogP contribution in [0.2, 0.25) is 0 Å². The average Bonchev–Trinajstić information content (AvgIpc) is 3.18. The Morgan fingerprint density at radius 1 is 1.03 bits per heavy atom. The molecule has 1 aromatic heterocycles. The van der Waals surface area contributed by atoms with Crippen LogP contribution in [0.3, 0.4) is 0 Å². The van der Waals surface area contributed by atoms with Crippen LogP contribution in [0.15, 0.2) is 53.1 Å². The molecular formula is C21H24N4O4S. The fourth-order valence-electron chi connectivity index (χ4n) is 2.61. The van der Waals surface area contributed by atoms with Crippen molar-refractivity contribution < 1.29 is 17.7 Å². The van der Waals surface area contributed by atoms with Gasteiger partial charge in [0.1, 0.15) is 0 Å². The second-order valence-electron chi connectivity index (χ2n) is 7.11. The summed E-state index contributed by atoms with van der Waals surface area (Å²) in [5.74, 6) is 1.12. The zero-order valence-corrected chi connectivity index (χ0v) is 17.9. The molecule has 0 saturated carbocycles. The van der Waals surface area contributed by atoms with Crippen molar-refractivity contribution in [3.05, 3.63) is 71.4 Å². The van der Waals surface area contributed by atoms with Crippen LogP contribution in [0, 0.1) is 0 Å². The SMILES string of the molecule is CCS(=O)(=O)Nc1ccc(C(=O)Nc2ccc(Cc3noc(C(C)C)n3)cc2)cc1. The van der Waals surface area contributed by atoms with Gasteiger partial charge >= 0.3 is 0 Å². The lowest BCUT2D eigenvalue weighted by atomic mass is 10.1. The Kier molecular flexibility index (Phi) is 6.51. The Balaban J connectivity index is 1.60. The summed E-state index contributed by atoms with van der Waals surface area (Å²) in [6.07, 6.45) is 0.541. The van der Waals surface area contributed by atoms with Gasteiger partial charge < -0.3 is 9.84 Å². The van der Waals surface area contributed by atoms with Crippen LogP contribution < -0.4 is 10.0 Å².